The van der Waals surface area contributed by atoms with E-state index in [9.17, 15) is 5.11 Å². The maximum absolute atomic E-state index is 10.7. The first-order chi connectivity index (χ1) is 8.48. The summed E-state index contributed by atoms with van der Waals surface area (Å²) in [6.45, 7) is 10.8. The van der Waals surface area contributed by atoms with E-state index in [2.05, 4.69) is 42.7 Å². The molecule has 0 amide bonds. The Bertz CT molecular complexity index is 438. The normalized spacial score (nSPS) is 21.0. The topological polar surface area (TPSA) is 23.5 Å². The molecule has 1 aliphatic rings. The summed E-state index contributed by atoms with van der Waals surface area (Å²) in [4.78, 5) is 2.31. The van der Waals surface area contributed by atoms with Crippen LogP contribution in [0.1, 0.15) is 26.3 Å². The number of nitrogens with zero attached hydrogens (tertiary/aromatic N) is 1. The molecule has 2 heteroatoms. The van der Waals surface area contributed by atoms with Crippen molar-refractivity contribution >= 4 is 5.69 Å². The van der Waals surface area contributed by atoms with Gasteiger partial charge in [0.15, 0.2) is 0 Å². The lowest BCUT2D eigenvalue weighted by Gasteiger charge is -2.41. The largest absolute Gasteiger partial charge is 0.387 e. The van der Waals surface area contributed by atoms with Crippen LogP contribution in [0.4, 0.5) is 5.69 Å². The first-order valence-corrected chi connectivity index (χ1v) is 6.68. The van der Waals surface area contributed by atoms with Crippen molar-refractivity contribution in [3.63, 3.8) is 0 Å². The lowest BCUT2D eigenvalue weighted by Crippen LogP contribution is -2.52. The molecule has 1 aliphatic heterocycles. The number of hydrogen-bond acceptors (Lipinski definition) is 2. The number of benzene rings is 1. The number of fused-ring (bicyclic) bond motifs is 1. The summed E-state index contributed by atoms with van der Waals surface area (Å²) in [5.74, 6) is 0.0697. The Kier molecular flexibility index (Phi) is 3.49. The first kappa shape index (κ1) is 13.2. The van der Waals surface area contributed by atoms with Gasteiger partial charge in [-0.1, -0.05) is 31.2 Å². The van der Waals surface area contributed by atoms with Crippen molar-refractivity contribution in [3.8, 4) is 0 Å². The number of rotatable bonds is 4. The van der Waals surface area contributed by atoms with Crippen LogP contribution in [0.3, 0.4) is 0 Å². The van der Waals surface area contributed by atoms with E-state index in [-0.39, 0.29) is 12.0 Å². The second-order valence-corrected chi connectivity index (χ2v) is 5.50. The molecule has 1 aromatic carbocycles. The fourth-order valence-corrected chi connectivity index (χ4v) is 2.70. The van der Waals surface area contributed by atoms with Gasteiger partial charge in [0.25, 0.3) is 0 Å². The highest BCUT2D eigenvalue weighted by molar-refractivity contribution is 5.59. The molecular weight excluding hydrogens is 222 g/mol. The molecule has 98 valence electrons. The predicted molar refractivity (Wildman–Crippen MR) is 76.9 cm³/mol. The molecule has 18 heavy (non-hydrogen) atoms. The van der Waals surface area contributed by atoms with Gasteiger partial charge in [-0.25, -0.2) is 0 Å². The smallest absolute Gasteiger partial charge is 0.0878 e. The van der Waals surface area contributed by atoms with Crippen LogP contribution in [-0.4, -0.2) is 23.3 Å². The SMILES string of the molecule is C=C[C@H](C)[C@](C)(O)[C@@H](C)N1CCc2ccccc21. The minimum atomic E-state index is -0.765. The number of aliphatic hydroxyl groups is 1. The summed E-state index contributed by atoms with van der Waals surface area (Å²) in [6, 6.07) is 8.54. The van der Waals surface area contributed by atoms with E-state index < -0.39 is 5.60 Å². The zero-order chi connectivity index (χ0) is 13.3. The Morgan fingerprint density at radius 2 is 2.06 bits per heavy atom. The third-order valence-electron chi connectivity index (χ3n) is 4.51. The number of hydrogen-bond donors (Lipinski definition) is 1. The summed E-state index contributed by atoms with van der Waals surface area (Å²) in [5.41, 5.74) is 1.88. The van der Waals surface area contributed by atoms with E-state index in [1.165, 1.54) is 11.3 Å². The van der Waals surface area contributed by atoms with E-state index >= 15 is 0 Å². The molecule has 0 aliphatic carbocycles. The van der Waals surface area contributed by atoms with Crippen LogP contribution < -0.4 is 4.90 Å². The van der Waals surface area contributed by atoms with Crippen LogP contribution in [0.5, 0.6) is 0 Å². The van der Waals surface area contributed by atoms with Crippen molar-refractivity contribution in [3.05, 3.63) is 42.5 Å². The molecule has 0 bridgehead atoms. The van der Waals surface area contributed by atoms with Crippen LogP contribution in [-0.2, 0) is 6.42 Å². The molecule has 0 unspecified atom stereocenters. The van der Waals surface area contributed by atoms with Crippen molar-refractivity contribution in [1.29, 1.82) is 0 Å². The van der Waals surface area contributed by atoms with Crippen LogP contribution in [0, 0.1) is 5.92 Å². The Morgan fingerprint density at radius 3 is 2.72 bits per heavy atom. The number of anilines is 1. The molecule has 1 N–H and O–H groups in total. The molecule has 1 heterocycles. The quantitative estimate of drug-likeness (QED) is 0.824. The number of para-hydroxylation sites is 1. The molecule has 0 aromatic heterocycles. The molecule has 2 nitrogen and oxygen atoms in total. The summed E-state index contributed by atoms with van der Waals surface area (Å²) < 4.78 is 0. The van der Waals surface area contributed by atoms with Gasteiger partial charge in [-0.05, 0) is 31.9 Å². The molecule has 0 radical (unpaired) electrons. The monoisotopic (exact) mass is 245 g/mol. The van der Waals surface area contributed by atoms with Gasteiger partial charge in [-0.3, -0.25) is 0 Å². The second kappa shape index (κ2) is 4.77. The Morgan fingerprint density at radius 1 is 1.39 bits per heavy atom. The third kappa shape index (κ3) is 2.05. The maximum Gasteiger partial charge on any atom is 0.0878 e. The Hall–Kier alpha value is -1.28. The first-order valence-electron chi connectivity index (χ1n) is 6.68. The second-order valence-electron chi connectivity index (χ2n) is 5.50. The molecule has 0 saturated heterocycles. The van der Waals surface area contributed by atoms with Crippen LogP contribution in [0.25, 0.3) is 0 Å². The molecule has 0 fully saturated rings. The summed E-state index contributed by atoms with van der Waals surface area (Å²) in [7, 11) is 0. The molecule has 0 spiro atoms. The van der Waals surface area contributed by atoms with Gasteiger partial charge in [0, 0.05) is 18.2 Å². The van der Waals surface area contributed by atoms with E-state index in [1.807, 2.05) is 19.9 Å². The van der Waals surface area contributed by atoms with Gasteiger partial charge in [0.05, 0.1) is 11.6 Å². The van der Waals surface area contributed by atoms with Crippen LogP contribution >= 0.6 is 0 Å². The molecule has 3 atom stereocenters. The standard InChI is InChI=1S/C16H23NO/c1-5-12(2)16(4,18)13(3)17-11-10-14-8-6-7-9-15(14)17/h5-9,12-13,18H,1,10-11H2,2-4H3/t12-,13+,16-/m0/s1. The van der Waals surface area contributed by atoms with Gasteiger partial charge in [0.2, 0.25) is 0 Å². The van der Waals surface area contributed by atoms with Crippen LogP contribution in [0.2, 0.25) is 0 Å². The fraction of sp³-hybridized carbons (Fsp3) is 0.500. The minimum Gasteiger partial charge on any atom is -0.387 e. The van der Waals surface area contributed by atoms with E-state index in [4.69, 9.17) is 0 Å². The van der Waals surface area contributed by atoms with Crippen molar-refractivity contribution in [2.45, 2.75) is 38.8 Å². The lowest BCUT2D eigenvalue weighted by atomic mass is 9.84. The molecule has 0 saturated carbocycles. The Labute approximate surface area is 110 Å². The Balaban J connectivity index is 2.26. The zero-order valence-electron chi connectivity index (χ0n) is 11.6. The third-order valence-corrected chi connectivity index (χ3v) is 4.51. The van der Waals surface area contributed by atoms with Gasteiger partial charge in [-0.15, -0.1) is 6.58 Å². The molecule has 2 rings (SSSR count). The highest BCUT2D eigenvalue weighted by atomic mass is 16.3. The van der Waals surface area contributed by atoms with E-state index in [0.717, 1.165) is 13.0 Å². The highest BCUT2D eigenvalue weighted by Crippen LogP contribution is 2.34. The molecular formula is C16H23NO. The summed E-state index contributed by atoms with van der Waals surface area (Å²) in [6.07, 6.45) is 2.90. The maximum atomic E-state index is 10.7. The molecule has 1 aromatic rings. The fourth-order valence-electron chi connectivity index (χ4n) is 2.70. The van der Waals surface area contributed by atoms with Gasteiger partial charge >= 0.3 is 0 Å². The highest BCUT2D eigenvalue weighted by Gasteiger charge is 2.38. The van der Waals surface area contributed by atoms with Crippen molar-refractivity contribution < 1.29 is 5.11 Å². The van der Waals surface area contributed by atoms with Crippen LogP contribution in [0.15, 0.2) is 36.9 Å². The predicted octanol–water partition coefficient (Wildman–Crippen LogP) is 3.01. The lowest BCUT2D eigenvalue weighted by molar-refractivity contribution is 0.00262. The van der Waals surface area contributed by atoms with Gasteiger partial charge < -0.3 is 10.0 Å². The van der Waals surface area contributed by atoms with Crippen molar-refractivity contribution in [1.82, 2.24) is 0 Å². The summed E-state index contributed by atoms with van der Waals surface area (Å²) in [5, 5.41) is 10.7. The minimum absolute atomic E-state index is 0.0697. The van der Waals surface area contributed by atoms with Gasteiger partial charge in [0.1, 0.15) is 0 Å². The van der Waals surface area contributed by atoms with E-state index in [1.54, 1.807) is 0 Å². The van der Waals surface area contributed by atoms with Crippen molar-refractivity contribution in [2.75, 3.05) is 11.4 Å². The van der Waals surface area contributed by atoms with E-state index in [0.29, 0.717) is 0 Å². The average Bonchev–Trinajstić information content (AvgIpc) is 2.80. The zero-order valence-corrected chi connectivity index (χ0v) is 11.6. The van der Waals surface area contributed by atoms with Crippen molar-refractivity contribution in [2.24, 2.45) is 5.92 Å². The average molecular weight is 245 g/mol. The van der Waals surface area contributed by atoms with Gasteiger partial charge in [-0.2, -0.15) is 0 Å². The summed E-state index contributed by atoms with van der Waals surface area (Å²) >= 11 is 0.